The lowest BCUT2D eigenvalue weighted by Crippen LogP contribution is -2.36. The van der Waals surface area contributed by atoms with Gasteiger partial charge in [0, 0.05) is 17.1 Å². The Morgan fingerprint density at radius 2 is 1.96 bits per heavy atom. The van der Waals surface area contributed by atoms with E-state index in [0.717, 1.165) is 22.9 Å². The van der Waals surface area contributed by atoms with Crippen molar-refractivity contribution >= 4 is 21.8 Å². The SMILES string of the molecule is O=C(COc1ccc(Br)cc1)N(Cc1cccc(F)c1)C1CC1. The van der Waals surface area contributed by atoms with E-state index < -0.39 is 0 Å². The van der Waals surface area contributed by atoms with Crippen LogP contribution in [-0.2, 0) is 11.3 Å². The number of amides is 1. The second-order valence-electron chi connectivity index (χ2n) is 5.63. The number of nitrogens with zero attached hydrogens (tertiary/aromatic N) is 1. The number of rotatable bonds is 6. The zero-order valence-corrected chi connectivity index (χ0v) is 14.1. The maximum atomic E-state index is 13.3. The molecule has 1 amide bonds. The monoisotopic (exact) mass is 377 g/mol. The maximum Gasteiger partial charge on any atom is 0.261 e. The number of hydrogen-bond donors (Lipinski definition) is 0. The summed E-state index contributed by atoms with van der Waals surface area (Å²) in [5.41, 5.74) is 0.800. The van der Waals surface area contributed by atoms with Crippen LogP contribution >= 0.6 is 15.9 Å². The van der Waals surface area contributed by atoms with Gasteiger partial charge in [0.05, 0.1) is 0 Å². The van der Waals surface area contributed by atoms with E-state index >= 15 is 0 Å². The van der Waals surface area contributed by atoms with E-state index in [9.17, 15) is 9.18 Å². The molecule has 0 bridgehead atoms. The summed E-state index contributed by atoms with van der Waals surface area (Å²) in [6, 6.07) is 14.0. The van der Waals surface area contributed by atoms with Gasteiger partial charge in [0.25, 0.3) is 5.91 Å². The highest BCUT2D eigenvalue weighted by atomic mass is 79.9. The third-order valence-corrected chi connectivity index (χ3v) is 4.25. The topological polar surface area (TPSA) is 29.5 Å². The molecular formula is C18H17BrFNO2. The smallest absolute Gasteiger partial charge is 0.261 e. The maximum absolute atomic E-state index is 13.3. The summed E-state index contributed by atoms with van der Waals surface area (Å²) in [7, 11) is 0. The average Bonchev–Trinajstić information content (AvgIpc) is 3.36. The average molecular weight is 378 g/mol. The van der Waals surface area contributed by atoms with Gasteiger partial charge in [-0.25, -0.2) is 4.39 Å². The van der Waals surface area contributed by atoms with Gasteiger partial charge in [0.1, 0.15) is 11.6 Å². The molecule has 1 fully saturated rings. The molecule has 0 atom stereocenters. The van der Waals surface area contributed by atoms with E-state index in [1.165, 1.54) is 12.1 Å². The van der Waals surface area contributed by atoms with Crippen molar-refractivity contribution in [1.29, 1.82) is 0 Å². The molecule has 2 aromatic carbocycles. The Kier molecular flexibility index (Phi) is 4.96. The lowest BCUT2D eigenvalue weighted by Gasteiger charge is -2.22. The van der Waals surface area contributed by atoms with Crippen LogP contribution in [0.15, 0.2) is 53.0 Å². The molecule has 1 aliphatic rings. The number of hydrogen-bond acceptors (Lipinski definition) is 2. The van der Waals surface area contributed by atoms with Crippen LogP contribution in [0.4, 0.5) is 4.39 Å². The van der Waals surface area contributed by atoms with Crippen LogP contribution < -0.4 is 4.74 Å². The number of carbonyl (C=O) groups is 1. The summed E-state index contributed by atoms with van der Waals surface area (Å²) in [4.78, 5) is 14.2. The van der Waals surface area contributed by atoms with Crippen LogP contribution in [0.2, 0.25) is 0 Å². The van der Waals surface area contributed by atoms with Crippen molar-refractivity contribution in [3.05, 3.63) is 64.4 Å². The summed E-state index contributed by atoms with van der Waals surface area (Å²) in [5.74, 6) is 0.305. The van der Waals surface area contributed by atoms with Crippen LogP contribution in [0.5, 0.6) is 5.75 Å². The number of carbonyl (C=O) groups excluding carboxylic acids is 1. The molecule has 1 saturated carbocycles. The molecule has 3 nitrogen and oxygen atoms in total. The first-order valence-electron chi connectivity index (χ1n) is 7.54. The fourth-order valence-corrected chi connectivity index (χ4v) is 2.66. The standard InChI is InChI=1S/C18H17BrFNO2/c19-14-4-8-17(9-5-14)23-12-18(22)21(16-6-7-16)11-13-2-1-3-15(20)10-13/h1-5,8-10,16H,6-7,11-12H2. The van der Waals surface area contributed by atoms with Crippen molar-refractivity contribution in [2.45, 2.75) is 25.4 Å². The molecular weight excluding hydrogens is 361 g/mol. The van der Waals surface area contributed by atoms with Gasteiger partial charge < -0.3 is 9.64 Å². The second-order valence-corrected chi connectivity index (χ2v) is 6.54. The molecule has 1 aliphatic carbocycles. The lowest BCUT2D eigenvalue weighted by molar-refractivity contribution is -0.134. The van der Waals surface area contributed by atoms with Gasteiger partial charge in [-0.2, -0.15) is 0 Å². The number of halogens is 2. The van der Waals surface area contributed by atoms with Crippen molar-refractivity contribution < 1.29 is 13.9 Å². The van der Waals surface area contributed by atoms with Gasteiger partial charge >= 0.3 is 0 Å². The van der Waals surface area contributed by atoms with Gasteiger partial charge in [-0.05, 0) is 54.8 Å². The van der Waals surface area contributed by atoms with Gasteiger partial charge in [-0.1, -0.05) is 28.1 Å². The van der Waals surface area contributed by atoms with E-state index in [2.05, 4.69) is 15.9 Å². The van der Waals surface area contributed by atoms with Gasteiger partial charge in [0.15, 0.2) is 6.61 Å². The van der Waals surface area contributed by atoms with Gasteiger partial charge in [-0.3, -0.25) is 4.79 Å². The molecule has 120 valence electrons. The van der Waals surface area contributed by atoms with Crippen LogP contribution in [0.3, 0.4) is 0 Å². The van der Waals surface area contributed by atoms with Crippen LogP contribution in [0.25, 0.3) is 0 Å². The number of benzene rings is 2. The highest BCUT2D eigenvalue weighted by Crippen LogP contribution is 2.28. The third-order valence-electron chi connectivity index (χ3n) is 3.73. The Labute approximate surface area is 143 Å². The minimum atomic E-state index is -0.281. The summed E-state index contributed by atoms with van der Waals surface area (Å²) >= 11 is 3.36. The molecule has 0 N–H and O–H groups in total. The molecule has 0 aliphatic heterocycles. The van der Waals surface area contributed by atoms with E-state index in [1.54, 1.807) is 11.0 Å². The normalized spacial score (nSPS) is 13.7. The summed E-state index contributed by atoms with van der Waals surface area (Å²) < 4.78 is 19.8. The molecule has 0 unspecified atom stereocenters. The fraction of sp³-hybridized carbons (Fsp3) is 0.278. The van der Waals surface area contributed by atoms with E-state index in [-0.39, 0.29) is 24.4 Å². The van der Waals surface area contributed by atoms with Crippen molar-refractivity contribution in [1.82, 2.24) is 4.90 Å². The van der Waals surface area contributed by atoms with E-state index in [4.69, 9.17) is 4.74 Å². The highest BCUT2D eigenvalue weighted by Gasteiger charge is 2.32. The molecule has 0 radical (unpaired) electrons. The summed E-state index contributed by atoms with van der Waals surface area (Å²) in [6.45, 7) is 0.415. The minimum Gasteiger partial charge on any atom is -0.484 e. The molecule has 3 rings (SSSR count). The van der Waals surface area contributed by atoms with Crippen LogP contribution in [0.1, 0.15) is 18.4 Å². The predicted molar refractivity (Wildman–Crippen MR) is 89.6 cm³/mol. The largest absolute Gasteiger partial charge is 0.484 e. The van der Waals surface area contributed by atoms with Gasteiger partial charge in [0.2, 0.25) is 0 Å². The first kappa shape index (κ1) is 16.0. The molecule has 0 aromatic heterocycles. The Balaban J connectivity index is 1.61. The Bertz CT molecular complexity index is 686. The van der Waals surface area contributed by atoms with Gasteiger partial charge in [-0.15, -0.1) is 0 Å². The highest BCUT2D eigenvalue weighted by molar-refractivity contribution is 9.10. The number of ether oxygens (including phenoxy) is 1. The Morgan fingerprint density at radius 3 is 2.61 bits per heavy atom. The first-order chi connectivity index (χ1) is 11.1. The van der Waals surface area contributed by atoms with Crippen molar-refractivity contribution in [3.63, 3.8) is 0 Å². The zero-order valence-electron chi connectivity index (χ0n) is 12.5. The molecule has 23 heavy (non-hydrogen) atoms. The molecule has 0 saturated heterocycles. The predicted octanol–water partition coefficient (Wildman–Crippen LogP) is 4.16. The third kappa shape index (κ3) is 4.55. The first-order valence-corrected chi connectivity index (χ1v) is 8.33. The Morgan fingerprint density at radius 1 is 1.22 bits per heavy atom. The van der Waals surface area contributed by atoms with Crippen molar-refractivity contribution in [2.75, 3.05) is 6.61 Å². The van der Waals surface area contributed by atoms with E-state index in [0.29, 0.717) is 12.3 Å². The van der Waals surface area contributed by atoms with Crippen molar-refractivity contribution in [2.24, 2.45) is 0 Å². The molecule has 5 heteroatoms. The van der Waals surface area contributed by atoms with Crippen LogP contribution in [-0.4, -0.2) is 23.5 Å². The second kappa shape index (κ2) is 7.13. The summed E-state index contributed by atoms with van der Waals surface area (Å²) in [5, 5.41) is 0. The molecule has 2 aromatic rings. The van der Waals surface area contributed by atoms with Crippen LogP contribution in [0, 0.1) is 5.82 Å². The molecule has 0 spiro atoms. The van der Waals surface area contributed by atoms with Crippen molar-refractivity contribution in [3.8, 4) is 5.75 Å². The fourth-order valence-electron chi connectivity index (χ4n) is 2.40. The summed E-state index contributed by atoms with van der Waals surface area (Å²) in [6.07, 6.45) is 2.00. The molecule has 0 heterocycles. The van der Waals surface area contributed by atoms with E-state index in [1.807, 2.05) is 30.3 Å². The zero-order chi connectivity index (χ0) is 16.2. The minimum absolute atomic E-state index is 0.00650. The lowest BCUT2D eigenvalue weighted by atomic mass is 10.2. The Hall–Kier alpha value is -1.88. The quantitative estimate of drug-likeness (QED) is 0.756.